The number of benzene rings is 1. The first-order valence-corrected chi connectivity index (χ1v) is 18.6. The number of hydrogen-bond donors (Lipinski definition) is 0. The van der Waals surface area contributed by atoms with Gasteiger partial charge < -0.3 is 0 Å². The topological polar surface area (TPSA) is 26.3 Å². The molecule has 0 aliphatic heterocycles. The molecule has 0 N–H and O–H groups in total. The molecule has 0 aliphatic carbocycles. The van der Waals surface area contributed by atoms with Crippen molar-refractivity contribution in [2.75, 3.05) is 0 Å². The van der Waals surface area contributed by atoms with E-state index in [0.29, 0.717) is 0 Å². The summed E-state index contributed by atoms with van der Waals surface area (Å²) in [6.45, 7) is 10.5. The van der Waals surface area contributed by atoms with Crippen molar-refractivity contribution in [2.24, 2.45) is 0 Å². The van der Waals surface area contributed by atoms with Gasteiger partial charge in [0.15, 0.2) is 0 Å². The summed E-state index contributed by atoms with van der Waals surface area (Å²) in [5.74, 6) is -0.207. The van der Waals surface area contributed by atoms with E-state index in [4.69, 9.17) is 4.74 Å². The summed E-state index contributed by atoms with van der Waals surface area (Å²) < 4.78 is 12.6. The predicted molar refractivity (Wildman–Crippen MR) is 120 cm³/mol. The molecule has 1 aromatic carbocycles. The Morgan fingerprint density at radius 1 is 0.963 bits per heavy atom. The minimum atomic E-state index is -2.37. The standard InChI is InChI=1S/C12H13O2.3C4H9.Sn/c1-4-12(14-10(3)13)11-7-5-9(2)6-8-11;3*1-3-4-2;/h1,4-8,12H,2-3H3;3*1,3-4H2,2H3;. The van der Waals surface area contributed by atoms with Crippen LogP contribution in [0.1, 0.15) is 83.5 Å². The van der Waals surface area contributed by atoms with Gasteiger partial charge in [-0.05, 0) is 0 Å². The van der Waals surface area contributed by atoms with Crippen molar-refractivity contribution in [3.63, 3.8) is 0 Å². The van der Waals surface area contributed by atoms with E-state index in [1.807, 2.05) is 0 Å². The number of hydrogen-bond acceptors (Lipinski definition) is 2. The van der Waals surface area contributed by atoms with Gasteiger partial charge in [-0.1, -0.05) is 0 Å². The van der Waals surface area contributed by atoms with Gasteiger partial charge >= 0.3 is 172 Å². The van der Waals surface area contributed by atoms with Crippen molar-refractivity contribution in [3.8, 4) is 0 Å². The first kappa shape index (κ1) is 24.3. The molecule has 1 aromatic rings. The molecule has 0 aromatic heterocycles. The Morgan fingerprint density at radius 2 is 1.44 bits per heavy atom. The molecular weight excluding hydrogens is 439 g/mol. The molecular formula is C24H40O2Sn. The second-order valence-corrected chi connectivity index (χ2v) is 21.0. The van der Waals surface area contributed by atoms with Crippen LogP contribution in [0.15, 0.2) is 34.4 Å². The summed E-state index contributed by atoms with van der Waals surface area (Å²) in [7, 11) is 0. The van der Waals surface area contributed by atoms with Crippen LogP contribution in [0, 0.1) is 6.92 Å². The summed E-state index contributed by atoms with van der Waals surface area (Å²) in [5.41, 5.74) is 2.31. The van der Waals surface area contributed by atoms with Gasteiger partial charge in [-0.25, -0.2) is 0 Å². The van der Waals surface area contributed by atoms with E-state index in [0.717, 1.165) is 5.56 Å². The average molecular weight is 479 g/mol. The molecule has 0 fully saturated rings. The van der Waals surface area contributed by atoms with Crippen LogP contribution in [-0.4, -0.2) is 24.3 Å². The zero-order valence-corrected chi connectivity index (χ0v) is 21.1. The van der Waals surface area contributed by atoms with E-state index in [-0.39, 0.29) is 12.1 Å². The van der Waals surface area contributed by atoms with E-state index in [1.165, 1.54) is 64.3 Å². The molecule has 1 rings (SSSR count). The SMILES string of the molecule is CCC[CH2][Sn](/[CH]=C/C(OC(C)=O)c1ccc(C)cc1)([CH2]CCC)[CH2]CCC. The van der Waals surface area contributed by atoms with Gasteiger partial charge in [-0.2, -0.15) is 0 Å². The Kier molecular flexibility index (Phi) is 12.1. The third-order valence-corrected chi connectivity index (χ3v) is 19.5. The molecule has 0 spiro atoms. The molecule has 0 amide bonds. The van der Waals surface area contributed by atoms with E-state index in [2.05, 4.69) is 62.1 Å². The van der Waals surface area contributed by atoms with Crippen molar-refractivity contribution in [1.82, 2.24) is 0 Å². The number of ether oxygens (including phenoxy) is 1. The molecule has 0 heterocycles. The molecule has 152 valence electrons. The molecule has 2 nitrogen and oxygen atoms in total. The van der Waals surface area contributed by atoms with Gasteiger partial charge in [-0.15, -0.1) is 0 Å². The third-order valence-electron chi connectivity index (χ3n) is 5.41. The fourth-order valence-electron chi connectivity index (χ4n) is 3.66. The predicted octanol–water partition coefficient (Wildman–Crippen LogP) is 7.54. The molecule has 0 aliphatic rings. The van der Waals surface area contributed by atoms with E-state index in [9.17, 15) is 4.79 Å². The molecule has 0 bridgehead atoms. The molecule has 0 saturated carbocycles. The first-order valence-electron chi connectivity index (χ1n) is 10.9. The Morgan fingerprint density at radius 3 is 1.85 bits per heavy atom. The van der Waals surface area contributed by atoms with E-state index >= 15 is 0 Å². The van der Waals surface area contributed by atoms with Gasteiger partial charge in [0.1, 0.15) is 0 Å². The van der Waals surface area contributed by atoms with Crippen LogP contribution in [0.4, 0.5) is 0 Å². The van der Waals surface area contributed by atoms with Gasteiger partial charge in [0.25, 0.3) is 0 Å². The monoisotopic (exact) mass is 480 g/mol. The number of esters is 1. The maximum atomic E-state index is 11.7. The molecule has 0 radical (unpaired) electrons. The number of rotatable bonds is 13. The second kappa shape index (κ2) is 13.4. The normalized spacial score (nSPS) is 13.1. The van der Waals surface area contributed by atoms with Crippen molar-refractivity contribution in [2.45, 2.75) is 92.6 Å². The van der Waals surface area contributed by atoms with Gasteiger partial charge in [-0.3, -0.25) is 0 Å². The Bertz CT molecular complexity index is 540. The molecule has 1 atom stereocenters. The fraction of sp³-hybridized carbons (Fsp3) is 0.625. The van der Waals surface area contributed by atoms with Crippen LogP contribution in [0.5, 0.6) is 0 Å². The van der Waals surface area contributed by atoms with E-state index < -0.39 is 18.4 Å². The third kappa shape index (κ3) is 9.31. The van der Waals surface area contributed by atoms with Crippen molar-refractivity contribution < 1.29 is 9.53 Å². The zero-order valence-electron chi connectivity index (χ0n) is 18.2. The number of unbranched alkanes of at least 4 members (excludes halogenated alkanes) is 3. The van der Waals surface area contributed by atoms with Crippen LogP contribution in [0.3, 0.4) is 0 Å². The zero-order chi connectivity index (χ0) is 20.1. The van der Waals surface area contributed by atoms with Crippen molar-refractivity contribution in [3.05, 3.63) is 45.6 Å². The molecule has 0 saturated heterocycles. The first-order chi connectivity index (χ1) is 13.0. The summed E-state index contributed by atoms with van der Waals surface area (Å²) in [6.07, 6.45) is 9.85. The van der Waals surface area contributed by atoms with Crippen molar-refractivity contribution in [1.29, 1.82) is 0 Å². The summed E-state index contributed by atoms with van der Waals surface area (Å²) in [6, 6.07) is 8.38. The molecule has 3 heteroatoms. The Labute approximate surface area is 171 Å². The molecule has 1 unspecified atom stereocenters. The summed E-state index contributed by atoms with van der Waals surface area (Å²) in [5, 5.41) is 0. The van der Waals surface area contributed by atoms with Crippen LogP contribution in [-0.2, 0) is 9.53 Å². The summed E-state index contributed by atoms with van der Waals surface area (Å²) in [4.78, 5) is 11.7. The van der Waals surface area contributed by atoms with Crippen LogP contribution < -0.4 is 0 Å². The minimum absolute atomic E-state index is 0.207. The number of aryl methyl sites for hydroxylation is 1. The van der Waals surface area contributed by atoms with Gasteiger partial charge in [0.05, 0.1) is 0 Å². The van der Waals surface area contributed by atoms with Crippen LogP contribution >= 0.6 is 0 Å². The van der Waals surface area contributed by atoms with E-state index in [1.54, 1.807) is 0 Å². The second-order valence-electron chi connectivity index (χ2n) is 7.97. The number of carbonyl (C=O) groups excluding carboxylic acids is 1. The maximum absolute atomic E-state index is 11.7. The Hall–Kier alpha value is -0.771. The average Bonchev–Trinajstić information content (AvgIpc) is 2.66. The quantitative estimate of drug-likeness (QED) is 0.216. The van der Waals surface area contributed by atoms with Crippen LogP contribution in [0.2, 0.25) is 13.3 Å². The molecule has 27 heavy (non-hydrogen) atoms. The van der Waals surface area contributed by atoms with Crippen LogP contribution in [0.25, 0.3) is 0 Å². The van der Waals surface area contributed by atoms with Gasteiger partial charge in [0.2, 0.25) is 0 Å². The Balaban J connectivity index is 3.13. The van der Waals surface area contributed by atoms with Gasteiger partial charge in [0, 0.05) is 0 Å². The fourth-order valence-corrected chi connectivity index (χ4v) is 17.9. The van der Waals surface area contributed by atoms with Crippen molar-refractivity contribution >= 4 is 24.3 Å². The number of carbonyl (C=O) groups is 1. The summed E-state index contributed by atoms with van der Waals surface area (Å²) >= 11 is -2.37.